The molecular formula is C27H28O5. The molecule has 2 N–H and O–H groups in total. The quantitative estimate of drug-likeness (QED) is 0.460. The number of hydrogen-bond donors (Lipinski definition) is 2. The van der Waals surface area contributed by atoms with Gasteiger partial charge in [0.15, 0.2) is 0 Å². The Morgan fingerprint density at radius 1 is 1.03 bits per heavy atom. The smallest absolute Gasteiger partial charge is 0.331 e. The molecule has 166 valence electrons. The van der Waals surface area contributed by atoms with Gasteiger partial charge in [0.25, 0.3) is 0 Å². The van der Waals surface area contributed by atoms with Crippen molar-refractivity contribution >= 4 is 22.9 Å². The molecule has 5 heteroatoms. The van der Waals surface area contributed by atoms with Crippen LogP contribution < -0.4 is 0 Å². The van der Waals surface area contributed by atoms with Gasteiger partial charge in [0, 0.05) is 22.4 Å². The molecule has 3 aromatic rings. The van der Waals surface area contributed by atoms with Crippen molar-refractivity contribution in [2.24, 2.45) is 11.3 Å². The Hall–Kier alpha value is -3.60. The molecule has 4 rings (SSSR count). The summed E-state index contributed by atoms with van der Waals surface area (Å²) in [5, 5.41) is 19.6. The highest BCUT2D eigenvalue weighted by Crippen LogP contribution is 2.41. The number of rotatable bonds is 6. The van der Waals surface area contributed by atoms with Crippen LogP contribution in [0.15, 0.2) is 88.9 Å². The molecule has 0 spiro atoms. The fourth-order valence-electron chi connectivity index (χ4n) is 3.94. The molecule has 0 fully saturated rings. The third-order valence-corrected chi connectivity index (χ3v) is 5.86. The molecule has 1 aliphatic carbocycles. The van der Waals surface area contributed by atoms with Gasteiger partial charge in [-0.05, 0) is 25.5 Å². The number of benzene rings is 2. The Morgan fingerprint density at radius 3 is 2.34 bits per heavy atom. The van der Waals surface area contributed by atoms with Crippen LogP contribution in [0.25, 0.3) is 22.3 Å². The van der Waals surface area contributed by atoms with E-state index in [4.69, 9.17) is 9.52 Å². The number of fused-ring (bicyclic) bond motifs is 1. The van der Waals surface area contributed by atoms with E-state index in [2.05, 4.69) is 24.3 Å². The molecule has 0 saturated heterocycles. The standard InChI is InChI=1S/C14H10O.C13H18O4/c1-2-6-11(7-3-1)14-10-12-8-4-5-9-13(12)15-14;1-3-4-7-10-9(11(14)15)6-5-8-13(10,2)12(16)17/h1-10H;5-6,8,10H,3-4,7H2,1-2H3,(H,14,15)(H,16,17). The molecule has 1 aromatic heterocycles. The lowest BCUT2D eigenvalue weighted by atomic mass is 9.68. The summed E-state index contributed by atoms with van der Waals surface area (Å²) in [6.07, 6.45) is 6.95. The van der Waals surface area contributed by atoms with E-state index < -0.39 is 23.3 Å². The number of carboxylic acid groups (broad SMARTS) is 2. The second kappa shape index (κ2) is 10.1. The molecule has 1 aliphatic rings. The van der Waals surface area contributed by atoms with Crippen LogP contribution in [0.3, 0.4) is 0 Å². The highest BCUT2D eigenvalue weighted by molar-refractivity contribution is 5.91. The predicted octanol–water partition coefficient (Wildman–Crippen LogP) is 6.56. The molecule has 32 heavy (non-hydrogen) atoms. The number of hydrogen-bond acceptors (Lipinski definition) is 3. The molecule has 5 nitrogen and oxygen atoms in total. The second-order valence-electron chi connectivity index (χ2n) is 8.08. The number of allylic oxidation sites excluding steroid dienone is 2. The van der Waals surface area contributed by atoms with Crippen LogP contribution in [0.1, 0.15) is 33.1 Å². The van der Waals surface area contributed by atoms with Crippen LogP contribution in [0, 0.1) is 11.3 Å². The van der Waals surface area contributed by atoms with Crippen molar-refractivity contribution in [2.45, 2.75) is 33.1 Å². The molecule has 0 bridgehead atoms. The average molecular weight is 433 g/mol. The summed E-state index contributed by atoms with van der Waals surface area (Å²) >= 11 is 0. The number of unbranched alkanes of at least 4 members (excludes halogenated alkanes) is 1. The summed E-state index contributed by atoms with van der Waals surface area (Å²) in [6.45, 7) is 3.59. The maximum Gasteiger partial charge on any atom is 0.331 e. The first-order chi connectivity index (χ1) is 15.4. The van der Waals surface area contributed by atoms with Crippen molar-refractivity contribution in [3.05, 3.63) is 84.5 Å². The van der Waals surface area contributed by atoms with E-state index in [0.717, 1.165) is 35.1 Å². The first kappa shape index (κ1) is 23.1. The first-order valence-electron chi connectivity index (χ1n) is 10.8. The van der Waals surface area contributed by atoms with Gasteiger partial charge >= 0.3 is 11.9 Å². The monoisotopic (exact) mass is 432 g/mol. The topological polar surface area (TPSA) is 87.7 Å². The van der Waals surface area contributed by atoms with Crippen LogP contribution in [0.2, 0.25) is 0 Å². The Labute approximate surface area is 187 Å². The maximum atomic E-state index is 11.3. The minimum atomic E-state index is -1.11. The van der Waals surface area contributed by atoms with Crippen LogP contribution >= 0.6 is 0 Å². The van der Waals surface area contributed by atoms with Crippen molar-refractivity contribution in [1.29, 1.82) is 0 Å². The summed E-state index contributed by atoms with van der Waals surface area (Å²) < 4.78 is 5.75. The fourth-order valence-corrected chi connectivity index (χ4v) is 3.94. The van der Waals surface area contributed by atoms with Gasteiger partial charge in [-0.3, -0.25) is 4.79 Å². The van der Waals surface area contributed by atoms with Crippen molar-refractivity contribution in [2.75, 3.05) is 0 Å². The van der Waals surface area contributed by atoms with Gasteiger partial charge in [-0.15, -0.1) is 0 Å². The summed E-state index contributed by atoms with van der Waals surface area (Å²) in [5.41, 5.74) is 1.15. The van der Waals surface area contributed by atoms with E-state index in [9.17, 15) is 14.7 Å². The van der Waals surface area contributed by atoms with E-state index in [1.165, 1.54) is 12.2 Å². The average Bonchev–Trinajstić information content (AvgIpc) is 3.23. The summed E-state index contributed by atoms with van der Waals surface area (Å²) in [6, 6.07) is 20.3. The van der Waals surface area contributed by atoms with Gasteiger partial charge in [-0.1, -0.05) is 86.5 Å². The largest absolute Gasteiger partial charge is 0.481 e. The van der Waals surface area contributed by atoms with Gasteiger partial charge in [0.2, 0.25) is 0 Å². The molecule has 2 atom stereocenters. The number of aliphatic carboxylic acids is 2. The fraction of sp³-hybridized carbons (Fsp3) is 0.259. The third kappa shape index (κ3) is 4.99. The van der Waals surface area contributed by atoms with Crippen molar-refractivity contribution in [1.82, 2.24) is 0 Å². The van der Waals surface area contributed by atoms with E-state index >= 15 is 0 Å². The molecule has 0 amide bonds. The van der Waals surface area contributed by atoms with E-state index in [1.54, 1.807) is 13.0 Å². The molecular weight excluding hydrogens is 404 g/mol. The molecule has 2 unspecified atom stereocenters. The van der Waals surface area contributed by atoms with Crippen molar-refractivity contribution in [3.8, 4) is 11.3 Å². The Bertz CT molecular complexity index is 1110. The highest BCUT2D eigenvalue weighted by Gasteiger charge is 2.43. The van der Waals surface area contributed by atoms with Gasteiger partial charge < -0.3 is 14.6 Å². The third-order valence-electron chi connectivity index (χ3n) is 5.86. The lowest BCUT2D eigenvalue weighted by molar-refractivity contribution is -0.148. The molecule has 1 heterocycles. The minimum Gasteiger partial charge on any atom is -0.481 e. The summed E-state index contributed by atoms with van der Waals surface area (Å²) in [5.74, 6) is -1.52. The highest BCUT2D eigenvalue weighted by atomic mass is 16.4. The molecule has 0 radical (unpaired) electrons. The number of carboxylic acids is 2. The van der Waals surface area contributed by atoms with Crippen LogP contribution in [-0.2, 0) is 9.59 Å². The Kier molecular flexibility index (Phi) is 7.31. The molecule has 0 saturated carbocycles. The lowest BCUT2D eigenvalue weighted by Crippen LogP contribution is -2.38. The number of para-hydroxylation sites is 1. The predicted molar refractivity (Wildman–Crippen MR) is 125 cm³/mol. The zero-order valence-electron chi connectivity index (χ0n) is 18.3. The van der Waals surface area contributed by atoms with E-state index in [-0.39, 0.29) is 5.57 Å². The van der Waals surface area contributed by atoms with Gasteiger partial charge in [-0.25, -0.2) is 4.79 Å². The molecule has 2 aromatic carbocycles. The Morgan fingerprint density at radius 2 is 1.72 bits per heavy atom. The van der Waals surface area contributed by atoms with E-state index in [0.29, 0.717) is 6.42 Å². The van der Waals surface area contributed by atoms with Gasteiger partial charge in [0.1, 0.15) is 11.3 Å². The zero-order chi connectivity index (χ0) is 23.1. The van der Waals surface area contributed by atoms with Crippen molar-refractivity contribution in [3.63, 3.8) is 0 Å². The van der Waals surface area contributed by atoms with Crippen LogP contribution in [-0.4, -0.2) is 22.2 Å². The number of carbonyl (C=O) groups is 2. The number of furan rings is 1. The molecule has 0 aliphatic heterocycles. The minimum absolute atomic E-state index is 0.200. The lowest BCUT2D eigenvalue weighted by Gasteiger charge is -2.34. The maximum absolute atomic E-state index is 11.3. The van der Waals surface area contributed by atoms with E-state index in [1.807, 2.05) is 43.3 Å². The van der Waals surface area contributed by atoms with Crippen molar-refractivity contribution < 1.29 is 24.2 Å². The van der Waals surface area contributed by atoms with Gasteiger partial charge in [0.05, 0.1) is 5.41 Å². The first-order valence-corrected chi connectivity index (χ1v) is 10.8. The Balaban J connectivity index is 0.000000181. The van der Waals surface area contributed by atoms with Gasteiger partial charge in [-0.2, -0.15) is 0 Å². The second-order valence-corrected chi connectivity index (χ2v) is 8.08. The summed E-state index contributed by atoms with van der Waals surface area (Å²) in [7, 11) is 0. The SMILES string of the molecule is CCCCC1C(C(=O)O)=CC=CC1(C)C(=O)O.c1ccc(-c2cc3ccccc3o2)cc1. The van der Waals surface area contributed by atoms with Crippen LogP contribution in [0.4, 0.5) is 0 Å². The summed E-state index contributed by atoms with van der Waals surface area (Å²) in [4.78, 5) is 22.5. The van der Waals surface area contributed by atoms with Crippen LogP contribution in [0.5, 0.6) is 0 Å². The normalized spacial score (nSPS) is 19.7. The zero-order valence-corrected chi connectivity index (χ0v) is 18.3.